The van der Waals surface area contributed by atoms with Crippen molar-refractivity contribution in [3.8, 4) is 0 Å². The molecule has 8 fully saturated rings. The first kappa shape index (κ1) is 30.4. The molecule has 1 atom stereocenters. The number of benzene rings is 1. The molecule has 2 aromatic heterocycles. The van der Waals surface area contributed by atoms with Gasteiger partial charge in [-0.15, -0.1) is 9.24 Å². The third kappa shape index (κ3) is 4.77. The van der Waals surface area contributed by atoms with Gasteiger partial charge in [0.25, 0.3) is 0 Å². The number of aromatic nitrogens is 2. The van der Waals surface area contributed by atoms with Crippen LogP contribution in [0.1, 0.15) is 115 Å². The summed E-state index contributed by atoms with van der Waals surface area (Å²) >= 11 is 0. The van der Waals surface area contributed by atoms with E-state index in [0.717, 1.165) is 41.7 Å². The molecule has 46 heavy (non-hydrogen) atoms. The fourth-order valence-corrected chi connectivity index (χ4v) is 16.5. The van der Waals surface area contributed by atoms with Crippen molar-refractivity contribution in [1.29, 1.82) is 0 Å². The minimum atomic E-state index is -0.737. The van der Waals surface area contributed by atoms with E-state index >= 15 is 0 Å². The number of hydrogen-bond donors (Lipinski definition) is 0. The van der Waals surface area contributed by atoms with Gasteiger partial charge in [-0.2, -0.15) is 0 Å². The van der Waals surface area contributed by atoms with Crippen molar-refractivity contribution in [2.75, 3.05) is 0 Å². The highest BCUT2D eigenvalue weighted by molar-refractivity contribution is 7.71. The van der Waals surface area contributed by atoms with E-state index in [-0.39, 0.29) is 10.6 Å². The predicted molar refractivity (Wildman–Crippen MR) is 196 cm³/mol. The minimum Gasteiger partial charge on any atom is -0.256 e. The van der Waals surface area contributed by atoms with E-state index in [0.29, 0.717) is 10.8 Å². The SMILES string of the molecule is CC(C)(C)c1ccc(C(P)(C23CC4CC(CC(C4)C2)C3)C23CC4CC(CC(C4)C2)C3)c(CP(c2ccccn2)c2ccccn2)c1. The molecule has 4 heteroatoms. The second kappa shape index (κ2) is 10.9. The Bertz CT molecular complexity index is 1440. The maximum atomic E-state index is 5.01. The van der Waals surface area contributed by atoms with Gasteiger partial charge < -0.3 is 0 Å². The number of rotatable bonds is 7. The molecule has 0 aliphatic heterocycles. The summed E-state index contributed by atoms with van der Waals surface area (Å²) in [6.45, 7) is 7.20. The molecule has 8 aliphatic rings. The Labute approximate surface area is 281 Å². The first-order valence-corrected chi connectivity index (χ1v) is 20.8. The van der Waals surface area contributed by atoms with Gasteiger partial charge in [-0.05, 0) is 170 Å². The van der Waals surface area contributed by atoms with Crippen LogP contribution >= 0.6 is 17.2 Å². The Kier molecular flexibility index (Phi) is 7.24. The first-order chi connectivity index (χ1) is 22.1. The maximum Gasteiger partial charge on any atom is 0.0695 e. The summed E-state index contributed by atoms with van der Waals surface area (Å²) in [5, 5.41) is 0.132. The second-order valence-electron chi connectivity index (χ2n) is 18.3. The van der Waals surface area contributed by atoms with Gasteiger partial charge in [0, 0.05) is 31.6 Å². The van der Waals surface area contributed by atoms with E-state index in [4.69, 9.17) is 9.97 Å². The van der Waals surface area contributed by atoms with Crippen LogP contribution in [0, 0.1) is 46.3 Å². The fraction of sp³-hybridized carbons (Fsp3) is 0.619. The van der Waals surface area contributed by atoms with Gasteiger partial charge in [-0.25, -0.2) is 0 Å². The Hall–Kier alpha value is -1.62. The number of hydrogen-bond acceptors (Lipinski definition) is 2. The van der Waals surface area contributed by atoms with Crippen LogP contribution < -0.4 is 10.9 Å². The molecule has 0 amide bonds. The lowest BCUT2D eigenvalue weighted by Crippen LogP contribution is -2.64. The van der Waals surface area contributed by atoms with Crippen molar-refractivity contribution in [2.45, 2.75) is 115 Å². The Balaban J connectivity index is 1.26. The molecule has 1 aromatic carbocycles. The Morgan fingerprint density at radius 1 is 0.652 bits per heavy atom. The van der Waals surface area contributed by atoms with E-state index in [1.165, 1.54) is 93.5 Å². The first-order valence-electron chi connectivity index (χ1n) is 18.7. The van der Waals surface area contributed by atoms with Crippen molar-refractivity contribution >= 4 is 28.0 Å². The van der Waals surface area contributed by atoms with E-state index in [1.807, 2.05) is 12.4 Å². The molecule has 8 aliphatic carbocycles. The zero-order valence-corrected chi connectivity index (χ0v) is 30.5. The molecule has 8 saturated carbocycles. The van der Waals surface area contributed by atoms with Gasteiger partial charge in [-0.1, -0.05) is 51.1 Å². The van der Waals surface area contributed by atoms with Gasteiger partial charge in [0.15, 0.2) is 0 Å². The van der Waals surface area contributed by atoms with E-state index < -0.39 is 7.92 Å². The lowest BCUT2D eigenvalue weighted by atomic mass is 9.37. The van der Waals surface area contributed by atoms with Crippen LogP contribution in [-0.2, 0) is 16.7 Å². The molecule has 0 radical (unpaired) electrons. The van der Waals surface area contributed by atoms with E-state index in [9.17, 15) is 0 Å². The molecule has 0 spiro atoms. The van der Waals surface area contributed by atoms with Gasteiger partial charge in [0.05, 0.1) is 10.9 Å². The molecular formula is C42H54N2P2. The van der Waals surface area contributed by atoms with Crippen LogP contribution in [-0.4, -0.2) is 9.97 Å². The smallest absolute Gasteiger partial charge is 0.0695 e. The zero-order valence-electron chi connectivity index (χ0n) is 28.4. The normalized spacial score (nSPS) is 37.2. The molecule has 2 heterocycles. The van der Waals surface area contributed by atoms with Crippen molar-refractivity contribution in [1.82, 2.24) is 9.97 Å². The average molecular weight is 649 g/mol. The van der Waals surface area contributed by atoms with Gasteiger partial charge in [0.1, 0.15) is 0 Å². The molecule has 8 bridgehead atoms. The van der Waals surface area contributed by atoms with Crippen LogP contribution in [0.3, 0.4) is 0 Å². The highest BCUT2D eigenvalue weighted by Crippen LogP contribution is 2.78. The molecule has 0 saturated heterocycles. The highest BCUT2D eigenvalue weighted by atomic mass is 31.1. The van der Waals surface area contributed by atoms with E-state index in [1.54, 1.807) is 11.1 Å². The predicted octanol–water partition coefficient (Wildman–Crippen LogP) is 9.91. The van der Waals surface area contributed by atoms with Crippen LogP contribution in [0.2, 0.25) is 0 Å². The van der Waals surface area contributed by atoms with Crippen LogP contribution in [0.25, 0.3) is 0 Å². The third-order valence-corrected chi connectivity index (χ3v) is 18.2. The second-order valence-corrected chi connectivity index (χ2v) is 21.2. The molecule has 2 nitrogen and oxygen atoms in total. The van der Waals surface area contributed by atoms with Crippen LogP contribution in [0.5, 0.6) is 0 Å². The maximum absolute atomic E-state index is 5.01. The van der Waals surface area contributed by atoms with Crippen molar-refractivity contribution < 1.29 is 0 Å². The number of pyridine rings is 2. The summed E-state index contributed by atoms with van der Waals surface area (Å²) in [5.41, 5.74) is 8.15. The molecule has 1 unspecified atom stereocenters. The van der Waals surface area contributed by atoms with Crippen LogP contribution in [0.15, 0.2) is 67.0 Å². The van der Waals surface area contributed by atoms with E-state index in [2.05, 4.69) is 84.6 Å². The highest BCUT2D eigenvalue weighted by Gasteiger charge is 2.69. The minimum absolute atomic E-state index is 0.108. The lowest BCUT2D eigenvalue weighted by Gasteiger charge is -2.72. The molecule has 11 rings (SSSR count). The molecular weight excluding hydrogens is 594 g/mol. The van der Waals surface area contributed by atoms with Crippen molar-refractivity contribution in [2.24, 2.45) is 46.3 Å². The van der Waals surface area contributed by atoms with Crippen molar-refractivity contribution in [3.63, 3.8) is 0 Å². The lowest BCUT2D eigenvalue weighted by molar-refractivity contribution is -0.158. The number of nitrogens with zero attached hydrogens (tertiary/aromatic N) is 2. The fourth-order valence-electron chi connectivity index (χ4n) is 13.4. The largest absolute Gasteiger partial charge is 0.256 e. The van der Waals surface area contributed by atoms with Crippen molar-refractivity contribution in [3.05, 3.63) is 83.7 Å². The monoisotopic (exact) mass is 648 g/mol. The summed E-state index contributed by atoms with van der Waals surface area (Å²) in [4.78, 5) is 10.0. The standard InChI is InChI=1S/C42H54N2P2/c1-39(2,3)35-10-11-36(34(20-35)27-46(37-8-4-6-12-43-37)38-9-5-7-13-44-38)42(45,40-21-28-14-29(22-40)16-30(15-28)23-40)41-24-31-17-32(25-41)19-33(18-31)26-41/h4-13,20,28-33H,14-19,21-27,45H2,1-3H3. The average Bonchev–Trinajstić information content (AvgIpc) is 3.02. The molecule has 242 valence electrons. The molecule has 3 aromatic rings. The zero-order chi connectivity index (χ0) is 31.3. The quantitative estimate of drug-likeness (QED) is 0.238. The summed E-state index contributed by atoms with van der Waals surface area (Å²) in [7, 11) is 3.13. The van der Waals surface area contributed by atoms with Gasteiger partial charge in [0.2, 0.25) is 0 Å². The Morgan fingerprint density at radius 2 is 1.09 bits per heavy atom. The third-order valence-electron chi connectivity index (χ3n) is 14.3. The van der Waals surface area contributed by atoms with Crippen LogP contribution in [0.4, 0.5) is 0 Å². The Morgan fingerprint density at radius 3 is 1.46 bits per heavy atom. The summed E-state index contributed by atoms with van der Waals surface area (Å²) in [5.74, 6) is 5.73. The van der Waals surface area contributed by atoms with Gasteiger partial charge >= 0.3 is 0 Å². The molecule has 0 N–H and O–H groups in total. The summed E-state index contributed by atoms with van der Waals surface area (Å²) in [6.07, 6.45) is 22.9. The summed E-state index contributed by atoms with van der Waals surface area (Å²) < 4.78 is 0. The summed E-state index contributed by atoms with van der Waals surface area (Å²) in [6, 6.07) is 20.9. The van der Waals surface area contributed by atoms with Gasteiger partial charge in [-0.3, -0.25) is 9.97 Å². The topological polar surface area (TPSA) is 25.8 Å².